The summed E-state index contributed by atoms with van der Waals surface area (Å²) < 4.78 is 59.1. The predicted molar refractivity (Wildman–Crippen MR) is 104 cm³/mol. The van der Waals surface area contributed by atoms with Crippen LogP contribution in [0, 0.1) is 12.4 Å². The molecule has 1 aliphatic rings. The summed E-state index contributed by atoms with van der Waals surface area (Å²) in [4.78, 5) is 7.07. The number of halogens is 4. The quantitative estimate of drug-likeness (QED) is 0.433. The highest BCUT2D eigenvalue weighted by Crippen LogP contribution is 2.43. The summed E-state index contributed by atoms with van der Waals surface area (Å²) in [6.45, 7) is 7.43. The molecule has 0 radical (unpaired) electrons. The zero-order valence-electron chi connectivity index (χ0n) is 15.7. The molecule has 0 atom stereocenters. The fraction of sp³-hybridized carbons (Fsp3) is 0.273. The number of aromatic nitrogens is 1. The van der Waals surface area contributed by atoms with Gasteiger partial charge in [0.25, 0.3) is 0 Å². The third kappa shape index (κ3) is 3.94. The summed E-state index contributed by atoms with van der Waals surface area (Å²) in [6, 6.07) is 8.39. The third-order valence-electron chi connectivity index (χ3n) is 5.25. The van der Waals surface area contributed by atoms with E-state index in [2.05, 4.69) is 15.1 Å². The number of benzene rings is 2. The molecule has 1 heterocycles. The lowest BCUT2D eigenvalue weighted by Crippen LogP contribution is -2.46. The van der Waals surface area contributed by atoms with Gasteiger partial charge in [0.05, 0.1) is 18.2 Å². The summed E-state index contributed by atoms with van der Waals surface area (Å²) in [6.07, 6.45) is -0.504. The van der Waals surface area contributed by atoms with Gasteiger partial charge in [-0.05, 0) is 42.5 Å². The molecule has 30 heavy (non-hydrogen) atoms. The van der Waals surface area contributed by atoms with Gasteiger partial charge in [-0.2, -0.15) is 13.2 Å². The van der Waals surface area contributed by atoms with Crippen LogP contribution in [0.5, 0.6) is 5.75 Å². The molecule has 1 aromatic heterocycles. The van der Waals surface area contributed by atoms with Gasteiger partial charge in [0.2, 0.25) is 5.69 Å². The molecular formula is C22H17F4N3O. The summed E-state index contributed by atoms with van der Waals surface area (Å²) in [7, 11) is 0. The smallest absolute Gasteiger partial charge is 0.407 e. The lowest BCUT2D eigenvalue weighted by molar-refractivity contribution is -0.137. The van der Waals surface area contributed by atoms with Crippen molar-refractivity contribution >= 4 is 16.5 Å². The van der Waals surface area contributed by atoms with Crippen LogP contribution in [0.3, 0.4) is 0 Å². The Hall–Kier alpha value is -3.18. The Morgan fingerprint density at radius 3 is 2.70 bits per heavy atom. The van der Waals surface area contributed by atoms with Crippen LogP contribution in [-0.2, 0) is 12.7 Å². The Morgan fingerprint density at radius 2 is 1.97 bits per heavy atom. The normalized spacial score (nSPS) is 18.6. The number of para-hydroxylation sites is 1. The van der Waals surface area contributed by atoms with Crippen molar-refractivity contribution < 1.29 is 22.3 Å². The van der Waals surface area contributed by atoms with Gasteiger partial charge in [-0.15, -0.1) is 0 Å². The van der Waals surface area contributed by atoms with Crippen LogP contribution in [0.2, 0.25) is 0 Å². The van der Waals surface area contributed by atoms with E-state index in [1.54, 1.807) is 24.5 Å². The highest BCUT2D eigenvalue weighted by molar-refractivity contribution is 5.84. The molecule has 1 aliphatic carbocycles. The monoisotopic (exact) mass is 415 g/mol. The van der Waals surface area contributed by atoms with Crippen LogP contribution in [-0.4, -0.2) is 17.1 Å². The minimum Gasteiger partial charge on any atom is -0.501 e. The summed E-state index contributed by atoms with van der Waals surface area (Å²) in [5, 5.41) is 4.90. The number of nitrogens with zero attached hydrogens (tertiary/aromatic N) is 2. The Morgan fingerprint density at radius 1 is 1.17 bits per heavy atom. The molecule has 0 bridgehead atoms. The van der Waals surface area contributed by atoms with Gasteiger partial charge in [0, 0.05) is 35.9 Å². The molecule has 154 valence electrons. The van der Waals surface area contributed by atoms with Crippen LogP contribution in [0.25, 0.3) is 15.6 Å². The van der Waals surface area contributed by atoms with Crippen molar-refractivity contribution in [2.45, 2.75) is 37.7 Å². The largest absolute Gasteiger partial charge is 0.501 e. The molecule has 4 rings (SSSR count). The minimum atomic E-state index is -4.61. The average molecular weight is 415 g/mol. The molecule has 1 saturated carbocycles. The summed E-state index contributed by atoms with van der Waals surface area (Å²) >= 11 is 0. The fourth-order valence-electron chi connectivity index (χ4n) is 3.60. The number of hydrogen-bond acceptors (Lipinski definition) is 3. The molecule has 8 heteroatoms. The van der Waals surface area contributed by atoms with E-state index in [4.69, 9.17) is 11.3 Å². The number of ether oxygens (including phenoxy) is 1. The van der Waals surface area contributed by atoms with Gasteiger partial charge >= 0.3 is 6.18 Å². The third-order valence-corrected chi connectivity index (χ3v) is 5.25. The molecule has 0 unspecified atom stereocenters. The van der Waals surface area contributed by atoms with Gasteiger partial charge in [-0.25, -0.2) is 9.24 Å². The molecule has 0 amide bonds. The van der Waals surface area contributed by atoms with Crippen molar-refractivity contribution in [1.82, 2.24) is 10.3 Å². The zero-order valence-corrected chi connectivity index (χ0v) is 15.7. The molecule has 3 aromatic rings. The Labute approximate surface area is 170 Å². The van der Waals surface area contributed by atoms with Gasteiger partial charge in [0.15, 0.2) is 0 Å². The summed E-state index contributed by atoms with van der Waals surface area (Å²) in [5.74, 6) is -0.366. The Kier molecular flexibility index (Phi) is 5.31. The number of pyridine rings is 1. The summed E-state index contributed by atoms with van der Waals surface area (Å²) in [5.41, 5.74) is -0.967. The first-order valence-corrected chi connectivity index (χ1v) is 9.35. The van der Waals surface area contributed by atoms with Crippen LogP contribution >= 0.6 is 0 Å². The van der Waals surface area contributed by atoms with E-state index in [1.807, 2.05) is 0 Å². The topological polar surface area (TPSA) is 38.5 Å². The first-order chi connectivity index (χ1) is 14.4. The first kappa shape index (κ1) is 20.1. The number of rotatable bonds is 5. The molecular weight excluding hydrogens is 398 g/mol. The first-order valence-electron chi connectivity index (χ1n) is 9.35. The fourth-order valence-corrected chi connectivity index (χ4v) is 3.60. The van der Waals surface area contributed by atoms with Gasteiger partial charge < -0.3 is 10.1 Å². The predicted octanol–water partition coefficient (Wildman–Crippen LogP) is 5.64. The SMILES string of the molecule is [C-]#[N+]c1c(OC2CC(NCc3c(F)ccc4cnccc34)C2)cccc1C(F)(F)F. The van der Waals surface area contributed by atoms with Crippen LogP contribution in [0.15, 0.2) is 48.8 Å². The van der Waals surface area contributed by atoms with E-state index in [0.717, 1.165) is 16.8 Å². The highest BCUT2D eigenvalue weighted by atomic mass is 19.4. The van der Waals surface area contributed by atoms with E-state index in [1.165, 1.54) is 18.2 Å². The maximum Gasteiger partial charge on any atom is 0.407 e. The second kappa shape index (κ2) is 7.92. The second-order valence-corrected chi connectivity index (χ2v) is 7.17. The lowest BCUT2D eigenvalue weighted by atomic mass is 9.88. The van der Waals surface area contributed by atoms with E-state index < -0.39 is 17.4 Å². The number of alkyl halides is 3. The van der Waals surface area contributed by atoms with Crippen molar-refractivity contribution in [3.8, 4) is 5.75 Å². The maximum absolute atomic E-state index is 14.3. The average Bonchev–Trinajstić information content (AvgIpc) is 2.69. The van der Waals surface area contributed by atoms with E-state index in [9.17, 15) is 17.6 Å². The van der Waals surface area contributed by atoms with Crippen molar-refractivity contribution in [3.05, 3.63) is 77.2 Å². The maximum atomic E-state index is 14.3. The van der Waals surface area contributed by atoms with E-state index >= 15 is 0 Å². The standard InChI is InChI=1S/C22H17F4N3O/c1-27-21-18(22(24,25)26)3-2-4-20(21)30-15-9-14(10-15)29-12-17-16-7-8-28-11-13(16)5-6-19(17)23/h2-8,11,14-15,29H,9-10,12H2. The van der Waals surface area contributed by atoms with Gasteiger partial charge in [-0.3, -0.25) is 4.98 Å². The number of nitrogens with one attached hydrogen (secondary N) is 1. The van der Waals surface area contributed by atoms with Gasteiger partial charge in [-0.1, -0.05) is 12.1 Å². The minimum absolute atomic E-state index is 0.0497. The molecule has 0 saturated heterocycles. The van der Waals surface area contributed by atoms with E-state index in [-0.39, 0.29) is 23.7 Å². The Bertz CT molecular complexity index is 1120. The lowest BCUT2D eigenvalue weighted by Gasteiger charge is -2.36. The van der Waals surface area contributed by atoms with Crippen LogP contribution in [0.4, 0.5) is 23.2 Å². The number of fused-ring (bicyclic) bond motifs is 1. The molecule has 4 nitrogen and oxygen atoms in total. The van der Waals surface area contributed by atoms with Crippen molar-refractivity contribution in [3.63, 3.8) is 0 Å². The molecule has 1 N–H and O–H groups in total. The molecule has 2 aromatic carbocycles. The molecule has 0 aliphatic heterocycles. The van der Waals surface area contributed by atoms with Gasteiger partial charge in [0.1, 0.15) is 11.6 Å². The van der Waals surface area contributed by atoms with Crippen molar-refractivity contribution in [1.29, 1.82) is 0 Å². The Balaban J connectivity index is 1.38. The van der Waals surface area contributed by atoms with E-state index in [0.29, 0.717) is 24.9 Å². The molecule has 0 spiro atoms. The molecule has 1 fully saturated rings. The van der Waals surface area contributed by atoms with Crippen LogP contribution in [0.1, 0.15) is 24.0 Å². The van der Waals surface area contributed by atoms with Crippen LogP contribution < -0.4 is 10.1 Å². The zero-order chi connectivity index (χ0) is 21.3. The highest BCUT2D eigenvalue weighted by Gasteiger charge is 2.36. The second-order valence-electron chi connectivity index (χ2n) is 7.17. The van der Waals surface area contributed by atoms with Crippen molar-refractivity contribution in [2.24, 2.45) is 0 Å². The number of hydrogen-bond donors (Lipinski definition) is 1. The van der Waals surface area contributed by atoms with Crippen molar-refractivity contribution in [2.75, 3.05) is 0 Å².